The maximum absolute atomic E-state index is 5.14. The highest BCUT2D eigenvalue weighted by molar-refractivity contribution is 7.26. The van der Waals surface area contributed by atoms with Crippen LogP contribution in [0.4, 0.5) is 0 Å². The molecule has 6 aromatic carbocycles. The van der Waals surface area contributed by atoms with Crippen LogP contribution >= 0.6 is 11.3 Å². The van der Waals surface area contributed by atoms with Gasteiger partial charge in [-0.3, -0.25) is 4.98 Å². The highest BCUT2D eigenvalue weighted by atomic mass is 32.1. The van der Waals surface area contributed by atoms with Crippen LogP contribution in [0.15, 0.2) is 176 Å². The van der Waals surface area contributed by atoms with Gasteiger partial charge in [0.25, 0.3) is 0 Å². The van der Waals surface area contributed by atoms with Crippen LogP contribution in [0.5, 0.6) is 0 Å². The van der Waals surface area contributed by atoms with Gasteiger partial charge in [0.15, 0.2) is 17.5 Å². The lowest BCUT2D eigenvalue weighted by Crippen LogP contribution is -2.00. The third-order valence-corrected chi connectivity index (χ3v) is 10.8. The van der Waals surface area contributed by atoms with Gasteiger partial charge in [-0.1, -0.05) is 146 Å². The maximum Gasteiger partial charge on any atom is 0.164 e. The van der Waals surface area contributed by atoms with E-state index in [9.17, 15) is 0 Å². The smallest absolute Gasteiger partial charge is 0.164 e. The van der Waals surface area contributed by atoms with E-state index < -0.39 is 0 Å². The summed E-state index contributed by atoms with van der Waals surface area (Å²) in [4.78, 5) is 24.8. The first-order chi connectivity index (χ1) is 26.2. The third kappa shape index (κ3) is 5.72. The number of pyridine rings is 2. The molecule has 0 bridgehead atoms. The predicted octanol–water partition coefficient (Wildman–Crippen LogP) is 12.2. The quantitative estimate of drug-likeness (QED) is 0.173. The molecule has 6 heteroatoms. The summed E-state index contributed by atoms with van der Waals surface area (Å²) >= 11 is 1.78. The topological polar surface area (TPSA) is 64.5 Å². The Kier molecular flexibility index (Phi) is 7.59. The molecule has 0 fully saturated rings. The van der Waals surface area contributed by atoms with Gasteiger partial charge in [0.2, 0.25) is 0 Å². The van der Waals surface area contributed by atoms with Gasteiger partial charge in [0.1, 0.15) is 0 Å². The Morgan fingerprint density at radius 3 is 1.64 bits per heavy atom. The van der Waals surface area contributed by atoms with Crippen LogP contribution in [-0.2, 0) is 0 Å². The molecule has 0 radical (unpaired) electrons. The van der Waals surface area contributed by atoms with E-state index in [2.05, 4.69) is 121 Å². The van der Waals surface area contributed by atoms with Gasteiger partial charge in [-0.05, 0) is 46.5 Å². The van der Waals surface area contributed by atoms with E-state index in [1.165, 1.54) is 21.0 Å². The van der Waals surface area contributed by atoms with Gasteiger partial charge in [-0.25, -0.2) is 19.9 Å². The lowest BCUT2D eigenvalue weighted by molar-refractivity contribution is 1.07. The van der Waals surface area contributed by atoms with Crippen LogP contribution in [0, 0.1) is 0 Å². The van der Waals surface area contributed by atoms with Gasteiger partial charge in [-0.15, -0.1) is 11.3 Å². The number of hydrogen-bond donors (Lipinski definition) is 0. The summed E-state index contributed by atoms with van der Waals surface area (Å²) < 4.78 is 2.39. The molecule has 0 aliphatic carbocycles. The van der Waals surface area contributed by atoms with Gasteiger partial charge >= 0.3 is 0 Å². The minimum Gasteiger partial charge on any atom is -0.254 e. The molecule has 4 heterocycles. The summed E-state index contributed by atoms with van der Waals surface area (Å²) in [6, 6.07) is 58.5. The zero-order valence-electron chi connectivity index (χ0n) is 28.4. The van der Waals surface area contributed by atoms with Crippen LogP contribution < -0.4 is 0 Å². The van der Waals surface area contributed by atoms with Crippen LogP contribution in [0.3, 0.4) is 0 Å². The van der Waals surface area contributed by atoms with Crippen LogP contribution in [0.1, 0.15) is 0 Å². The molecule has 0 spiro atoms. The second-order valence-electron chi connectivity index (χ2n) is 12.9. The Bertz CT molecular complexity index is 2920. The van der Waals surface area contributed by atoms with Crippen molar-refractivity contribution in [2.45, 2.75) is 0 Å². The molecule has 10 aromatic rings. The summed E-state index contributed by atoms with van der Waals surface area (Å²) in [5, 5.41) is 2.39. The Balaban J connectivity index is 1.03. The zero-order valence-corrected chi connectivity index (χ0v) is 29.2. The number of benzene rings is 6. The van der Waals surface area contributed by atoms with E-state index >= 15 is 0 Å². The summed E-state index contributed by atoms with van der Waals surface area (Å²) in [6.07, 6.45) is 1.85. The first-order valence-corrected chi connectivity index (χ1v) is 18.3. The van der Waals surface area contributed by atoms with Gasteiger partial charge in [0, 0.05) is 43.9 Å². The predicted molar refractivity (Wildman–Crippen MR) is 218 cm³/mol. The van der Waals surface area contributed by atoms with Crippen LogP contribution in [0.2, 0.25) is 0 Å². The SMILES string of the molecule is c1ccc(-c2ccc(-c3nc(-c4ccccc4)nc(-c4cccc(-c5ccc(-c6nc7cccnc7c7c6sc6ccccc67)cc5)c4)n3)cc2)cc1. The number of rotatable bonds is 6. The van der Waals surface area contributed by atoms with E-state index in [0.29, 0.717) is 17.5 Å². The molecule has 0 saturated heterocycles. The molecule has 0 aliphatic rings. The van der Waals surface area contributed by atoms with Gasteiger partial charge in [0.05, 0.1) is 21.4 Å². The van der Waals surface area contributed by atoms with Crippen LogP contribution in [-0.4, -0.2) is 24.9 Å². The van der Waals surface area contributed by atoms with Gasteiger partial charge in [-0.2, -0.15) is 0 Å². The Hall–Kier alpha value is -6.89. The van der Waals surface area contributed by atoms with E-state index in [0.717, 1.165) is 60.4 Å². The number of fused-ring (bicyclic) bond motifs is 5. The Morgan fingerprint density at radius 1 is 0.377 bits per heavy atom. The maximum atomic E-state index is 5.14. The average Bonchev–Trinajstić information content (AvgIpc) is 3.64. The van der Waals surface area contributed by atoms with Crippen molar-refractivity contribution in [3.05, 3.63) is 176 Å². The van der Waals surface area contributed by atoms with Crippen molar-refractivity contribution in [2.24, 2.45) is 0 Å². The van der Waals surface area contributed by atoms with Crippen molar-refractivity contribution >= 4 is 42.5 Å². The molecule has 0 aliphatic heterocycles. The van der Waals surface area contributed by atoms with Crippen molar-refractivity contribution in [3.8, 4) is 67.7 Å². The number of aromatic nitrogens is 5. The molecule has 53 heavy (non-hydrogen) atoms. The molecule has 0 amide bonds. The monoisotopic (exact) mass is 695 g/mol. The molecule has 0 atom stereocenters. The summed E-state index contributed by atoms with van der Waals surface area (Å²) in [5.41, 5.74) is 11.2. The second kappa shape index (κ2) is 13.0. The van der Waals surface area contributed by atoms with Crippen molar-refractivity contribution < 1.29 is 0 Å². The molecular weight excluding hydrogens is 667 g/mol. The molecule has 248 valence electrons. The van der Waals surface area contributed by atoms with E-state index in [-0.39, 0.29) is 0 Å². The highest BCUT2D eigenvalue weighted by Gasteiger charge is 2.17. The fourth-order valence-electron chi connectivity index (χ4n) is 6.95. The normalized spacial score (nSPS) is 11.4. The largest absolute Gasteiger partial charge is 0.254 e. The number of hydrogen-bond acceptors (Lipinski definition) is 6. The third-order valence-electron chi connectivity index (χ3n) is 9.60. The first-order valence-electron chi connectivity index (χ1n) is 17.5. The molecule has 5 nitrogen and oxygen atoms in total. The minimum atomic E-state index is 0.626. The molecule has 4 aromatic heterocycles. The summed E-state index contributed by atoms with van der Waals surface area (Å²) in [7, 11) is 0. The first kappa shape index (κ1) is 30.9. The number of thiophene rings is 1. The Labute approximate surface area is 310 Å². The number of nitrogens with zero attached hydrogens (tertiary/aromatic N) is 5. The van der Waals surface area contributed by atoms with Crippen LogP contribution in [0.25, 0.3) is 98.9 Å². The average molecular weight is 696 g/mol. The van der Waals surface area contributed by atoms with Crippen molar-refractivity contribution in [3.63, 3.8) is 0 Å². The lowest BCUT2D eigenvalue weighted by Gasteiger charge is -2.11. The molecule has 0 N–H and O–H groups in total. The molecule has 0 saturated carbocycles. The second-order valence-corrected chi connectivity index (χ2v) is 14.0. The molecule has 0 unspecified atom stereocenters. The van der Waals surface area contributed by atoms with Crippen molar-refractivity contribution in [1.82, 2.24) is 24.9 Å². The lowest BCUT2D eigenvalue weighted by atomic mass is 9.99. The standard InChI is InChI=1S/C47H29N5S/c1-3-11-30(12-4-1)31-22-26-35(27-23-31)46-50-45(34-13-5-2-6-14-34)51-47(52-46)37-16-9-15-36(29-37)32-20-24-33(25-21-32)42-44-41(38-17-7-8-19-40(38)53-44)43-39(49-42)18-10-28-48-43/h1-29H. The molecular formula is C47H29N5S. The van der Waals surface area contributed by atoms with E-state index in [1.54, 1.807) is 11.3 Å². The highest BCUT2D eigenvalue weighted by Crippen LogP contribution is 2.42. The zero-order chi connectivity index (χ0) is 35.1. The van der Waals surface area contributed by atoms with Crippen molar-refractivity contribution in [2.75, 3.05) is 0 Å². The minimum absolute atomic E-state index is 0.626. The fraction of sp³-hybridized carbons (Fsp3) is 0. The van der Waals surface area contributed by atoms with E-state index in [1.807, 2.05) is 54.7 Å². The molecule has 10 rings (SSSR count). The fourth-order valence-corrected chi connectivity index (χ4v) is 8.16. The van der Waals surface area contributed by atoms with Gasteiger partial charge < -0.3 is 0 Å². The Morgan fingerprint density at radius 2 is 0.906 bits per heavy atom. The van der Waals surface area contributed by atoms with Crippen molar-refractivity contribution in [1.29, 1.82) is 0 Å². The summed E-state index contributed by atoms with van der Waals surface area (Å²) in [5.74, 6) is 1.90. The summed E-state index contributed by atoms with van der Waals surface area (Å²) in [6.45, 7) is 0. The van der Waals surface area contributed by atoms with E-state index in [4.69, 9.17) is 24.9 Å².